The van der Waals surface area contributed by atoms with Crippen LogP contribution in [0.15, 0.2) is 146 Å². The molecular formula is C62H60F2N10O2. The van der Waals surface area contributed by atoms with Crippen LogP contribution in [-0.2, 0) is 25.9 Å². The molecule has 2 atom stereocenters. The van der Waals surface area contributed by atoms with Gasteiger partial charge >= 0.3 is 0 Å². The number of carbonyl (C=O) groups is 2. The van der Waals surface area contributed by atoms with Crippen molar-refractivity contribution in [1.82, 2.24) is 30.2 Å². The normalized spacial score (nSPS) is 13.7. The van der Waals surface area contributed by atoms with Gasteiger partial charge in [-0.1, -0.05) is 72.8 Å². The second kappa shape index (κ2) is 24.0. The van der Waals surface area contributed by atoms with Crippen LogP contribution in [0.5, 0.6) is 0 Å². The Morgan fingerprint density at radius 1 is 0.566 bits per heavy atom. The fourth-order valence-electron chi connectivity index (χ4n) is 9.41. The van der Waals surface area contributed by atoms with Crippen molar-refractivity contribution >= 4 is 11.6 Å². The van der Waals surface area contributed by atoms with Crippen LogP contribution >= 0.6 is 0 Å². The lowest BCUT2D eigenvalue weighted by Crippen LogP contribution is -2.25. The van der Waals surface area contributed by atoms with Crippen LogP contribution in [0.2, 0.25) is 0 Å². The van der Waals surface area contributed by atoms with E-state index in [1.165, 1.54) is 37.8 Å². The smallest absolute Gasteiger partial charge is 0.185 e. The summed E-state index contributed by atoms with van der Waals surface area (Å²) in [7, 11) is 0. The van der Waals surface area contributed by atoms with E-state index in [2.05, 4.69) is 33.0 Å². The van der Waals surface area contributed by atoms with Crippen LogP contribution < -0.4 is 22.1 Å². The zero-order valence-electron chi connectivity index (χ0n) is 42.6. The van der Waals surface area contributed by atoms with Crippen molar-refractivity contribution < 1.29 is 18.4 Å². The van der Waals surface area contributed by atoms with E-state index < -0.39 is 11.6 Å². The molecule has 2 aliphatic carbocycles. The second-order valence-corrected chi connectivity index (χ2v) is 19.9. The average molecular weight is 1020 g/mol. The molecule has 76 heavy (non-hydrogen) atoms. The molecule has 6 aromatic carbocycles. The van der Waals surface area contributed by atoms with Crippen molar-refractivity contribution in [3.63, 3.8) is 0 Å². The summed E-state index contributed by atoms with van der Waals surface area (Å²) in [6.07, 6.45) is 4.58. The SMILES string of the molecule is Cc1cc(C(=O)Cc2cc(C(NCC3CC3)c3cccc(C#N)c3)ccc2F)n(-c2cccc(CN)c2)n1.Cc1cc(C(=O)Cc2cc(C(NCC3CC3)c3cccc(C#N)c3)ccc2F)n(-c2cccc(CN)c2)n1. The van der Waals surface area contributed by atoms with Crippen molar-refractivity contribution in [1.29, 1.82) is 10.5 Å². The molecule has 6 N–H and O–H groups in total. The lowest BCUT2D eigenvalue weighted by Gasteiger charge is -2.21. The predicted molar refractivity (Wildman–Crippen MR) is 289 cm³/mol. The molecule has 14 heteroatoms. The Hall–Kier alpha value is -8.24. The van der Waals surface area contributed by atoms with Gasteiger partial charge in [-0.2, -0.15) is 20.7 Å². The minimum Gasteiger partial charge on any atom is -0.326 e. The van der Waals surface area contributed by atoms with E-state index >= 15 is 8.78 Å². The summed E-state index contributed by atoms with van der Waals surface area (Å²) in [5.41, 5.74) is 22.5. The number of aryl methyl sites for hydroxylation is 2. The first kappa shape index (κ1) is 52.6. The average Bonchev–Trinajstić information content (AvgIpc) is 4.38. The van der Waals surface area contributed by atoms with Gasteiger partial charge in [-0.25, -0.2) is 18.1 Å². The van der Waals surface area contributed by atoms with E-state index in [4.69, 9.17) is 11.5 Å². The first-order valence-corrected chi connectivity index (χ1v) is 25.7. The quantitative estimate of drug-likeness (QED) is 0.0534. The number of ketones is 2. The van der Waals surface area contributed by atoms with Crippen molar-refractivity contribution in [3.8, 4) is 23.5 Å². The Morgan fingerprint density at radius 3 is 1.34 bits per heavy atom. The largest absolute Gasteiger partial charge is 0.326 e. The number of benzene rings is 6. The molecular weight excluding hydrogens is 955 g/mol. The highest BCUT2D eigenvalue weighted by molar-refractivity contribution is 5.97. The molecule has 2 aliphatic rings. The number of nitrogens with one attached hydrogen (secondary N) is 2. The summed E-state index contributed by atoms with van der Waals surface area (Å²) in [5, 5.41) is 35.0. The third-order valence-corrected chi connectivity index (χ3v) is 13.8. The minimum atomic E-state index is -0.429. The first-order chi connectivity index (χ1) is 36.9. The molecule has 2 saturated carbocycles. The number of halogens is 2. The summed E-state index contributed by atoms with van der Waals surface area (Å²) < 4.78 is 33.3. The van der Waals surface area contributed by atoms with Gasteiger partial charge in [-0.3, -0.25) is 9.59 Å². The van der Waals surface area contributed by atoms with Crippen molar-refractivity contribution in [2.75, 3.05) is 13.1 Å². The second-order valence-electron chi connectivity index (χ2n) is 19.9. The number of nitrogens with zero attached hydrogens (tertiary/aromatic N) is 6. The van der Waals surface area contributed by atoms with Crippen LogP contribution in [0.4, 0.5) is 8.78 Å². The van der Waals surface area contributed by atoms with Crippen LogP contribution in [0.3, 0.4) is 0 Å². The van der Waals surface area contributed by atoms with Crippen molar-refractivity contribution in [3.05, 3.63) is 236 Å². The van der Waals surface area contributed by atoms with E-state index in [0.29, 0.717) is 70.0 Å². The molecule has 0 aliphatic heterocycles. The molecule has 2 heterocycles. The van der Waals surface area contributed by atoms with E-state index in [9.17, 15) is 20.1 Å². The third kappa shape index (κ3) is 13.0. The highest BCUT2D eigenvalue weighted by atomic mass is 19.1. The number of carbonyl (C=O) groups excluding carboxylic acids is 2. The predicted octanol–water partition coefficient (Wildman–Crippen LogP) is 10.3. The van der Waals surface area contributed by atoms with E-state index in [-0.39, 0.29) is 36.5 Å². The van der Waals surface area contributed by atoms with Gasteiger partial charge in [0.2, 0.25) is 0 Å². The van der Waals surface area contributed by atoms with E-state index in [1.807, 2.05) is 98.8 Å². The third-order valence-electron chi connectivity index (χ3n) is 13.8. The monoisotopic (exact) mass is 1010 g/mol. The maximum Gasteiger partial charge on any atom is 0.185 e. The molecule has 10 rings (SSSR count). The molecule has 384 valence electrons. The highest BCUT2D eigenvalue weighted by Gasteiger charge is 2.27. The molecule has 0 amide bonds. The zero-order valence-corrected chi connectivity index (χ0v) is 42.6. The van der Waals surface area contributed by atoms with Gasteiger partial charge in [0.1, 0.15) is 23.0 Å². The molecule has 12 nitrogen and oxygen atoms in total. The number of hydrogen-bond donors (Lipinski definition) is 4. The summed E-state index contributed by atoms with van der Waals surface area (Å²) in [4.78, 5) is 27.0. The summed E-state index contributed by atoms with van der Waals surface area (Å²) in [6, 6.07) is 47.3. The van der Waals surface area contributed by atoms with Gasteiger partial charge < -0.3 is 22.1 Å². The number of rotatable bonds is 20. The Kier molecular flexibility index (Phi) is 16.6. The number of hydrogen-bond acceptors (Lipinski definition) is 10. The molecule has 0 spiro atoms. The number of aromatic nitrogens is 4. The maximum absolute atomic E-state index is 15.0. The van der Waals surface area contributed by atoms with Gasteiger partial charge in [0, 0.05) is 25.9 Å². The van der Waals surface area contributed by atoms with Crippen molar-refractivity contribution in [2.24, 2.45) is 23.3 Å². The summed E-state index contributed by atoms with van der Waals surface area (Å²) >= 11 is 0. The molecule has 0 saturated heterocycles. The highest BCUT2D eigenvalue weighted by Crippen LogP contribution is 2.33. The Morgan fingerprint density at radius 2 is 0.961 bits per heavy atom. The fourth-order valence-corrected chi connectivity index (χ4v) is 9.41. The summed E-state index contributed by atoms with van der Waals surface area (Å²) in [5.74, 6) is -0.0371. The number of Topliss-reactive ketones (excluding diaryl/α,β-unsaturated/α-hetero) is 2. The van der Waals surface area contributed by atoms with Gasteiger partial charge in [-0.15, -0.1) is 0 Å². The van der Waals surface area contributed by atoms with Crippen LogP contribution in [-0.4, -0.2) is 44.2 Å². The topological polar surface area (TPSA) is 193 Å². The van der Waals surface area contributed by atoms with Crippen molar-refractivity contribution in [2.45, 2.75) is 77.5 Å². The van der Waals surface area contributed by atoms with Crippen LogP contribution in [0.1, 0.15) is 126 Å². The lowest BCUT2D eigenvalue weighted by atomic mass is 9.94. The number of nitrogens with two attached hydrogens (primary N) is 2. The fraction of sp³-hybridized carbons (Fsp3) is 0.258. The van der Waals surface area contributed by atoms with Gasteiger partial charge in [0.15, 0.2) is 11.6 Å². The maximum atomic E-state index is 15.0. The molecule has 2 unspecified atom stereocenters. The van der Waals surface area contributed by atoms with Gasteiger partial charge in [0.25, 0.3) is 0 Å². The Balaban J connectivity index is 0.000000186. The van der Waals surface area contributed by atoms with Crippen LogP contribution in [0.25, 0.3) is 11.4 Å². The Labute approximate surface area is 442 Å². The Bertz CT molecular complexity index is 3260. The minimum absolute atomic E-state index is 0.102. The van der Waals surface area contributed by atoms with Gasteiger partial charge in [-0.05, 0) is 182 Å². The first-order valence-electron chi connectivity index (χ1n) is 25.7. The molecule has 0 bridgehead atoms. The summed E-state index contributed by atoms with van der Waals surface area (Å²) in [6.45, 7) is 6.09. The molecule has 2 fully saturated rings. The van der Waals surface area contributed by atoms with E-state index in [0.717, 1.165) is 57.8 Å². The van der Waals surface area contributed by atoms with E-state index in [1.54, 1.807) is 57.9 Å². The molecule has 0 radical (unpaired) electrons. The lowest BCUT2D eigenvalue weighted by molar-refractivity contribution is 0.0976. The van der Waals surface area contributed by atoms with Gasteiger partial charge in [0.05, 0.1) is 58.1 Å². The molecule has 2 aromatic heterocycles. The zero-order chi connectivity index (χ0) is 53.3. The molecule has 8 aromatic rings. The standard InChI is InChI=1S/2C31H30FN5O/c2*1-20-12-29(37(36-20)27-7-3-5-23(14-27)18-34)30(38)16-26-15-25(10-11-28(26)32)31(35-19-21-8-9-21)24-6-2-4-22(13-24)17-33/h2*2-7,10-15,21,31,35H,8-9,16,18-19,34H2,1H3. The van der Waals surface area contributed by atoms with Crippen LogP contribution in [0, 0.1) is 60.0 Å². The number of nitriles is 2.